The number of benzene rings is 3. The molecule has 0 aliphatic heterocycles. The molecular weight excluding hydrogens is 454 g/mol. The van der Waals surface area contributed by atoms with Gasteiger partial charge in [0.25, 0.3) is 0 Å². The molecule has 6 aromatic rings. The second-order valence-electron chi connectivity index (χ2n) is 8.24. The highest BCUT2D eigenvalue weighted by Gasteiger charge is 2.13. The number of H-pyrrole nitrogens is 1. The van der Waals surface area contributed by atoms with Gasteiger partial charge < -0.3 is 18.7 Å². The Bertz CT molecular complexity index is 1740. The van der Waals surface area contributed by atoms with Gasteiger partial charge in [-0.3, -0.25) is 0 Å². The maximum atomic E-state index is 12.5. The second kappa shape index (κ2) is 9.92. The van der Waals surface area contributed by atoms with Crippen molar-refractivity contribution in [2.24, 2.45) is 0 Å². The van der Waals surface area contributed by atoms with Crippen molar-refractivity contribution in [1.82, 2.24) is 9.97 Å². The first-order chi connectivity index (χ1) is 17.6. The number of anilines is 1. The van der Waals surface area contributed by atoms with Crippen molar-refractivity contribution in [1.29, 1.82) is 0 Å². The van der Waals surface area contributed by atoms with Crippen LogP contribution in [0.2, 0.25) is 0 Å². The van der Waals surface area contributed by atoms with Crippen molar-refractivity contribution in [3.8, 4) is 11.4 Å². The van der Waals surface area contributed by atoms with Gasteiger partial charge in [0.05, 0.1) is 11.0 Å². The number of nitrogens with one attached hydrogen (secondary N) is 1. The Morgan fingerprint density at radius 2 is 1.53 bits per heavy atom. The topological polar surface area (TPSA) is 92.3 Å². The summed E-state index contributed by atoms with van der Waals surface area (Å²) in [5.41, 5.74) is 3.76. The van der Waals surface area contributed by atoms with Crippen molar-refractivity contribution >= 4 is 38.7 Å². The van der Waals surface area contributed by atoms with Crippen molar-refractivity contribution in [3.63, 3.8) is 0 Å². The molecule has 36 heavy (non-hydrogen) atoms. The molecule has 0 spiro atoms. The number of fused-ring (bicyclic) bond motifs is 3. The zero-order valence-corrected chi connectivity index (χ0v) is 20.0. The summed E-state index contributed by atoms with van der Waals surface area (Å²) in [6.07, 6.45) is 0. The lowest BCUT2D eigenvalue weighted by Gasteiger charge is -2.20. The molecule has 0 aliphatic rings. The van der Waals surface area contributed by atoms with E-state index < -0.39 is 0 Å². The first-order valence-corrected chi connectivity index (χ1v) is 11.8. The Morgan fingerprint density at radius 1 is 0.778 bits per heavy atom. The number of hydrogen-bond acceptors (Lipinski definition) is 6. The molecule has 0 radical (unpaired) electrons. The van der Waals surface area contributed by atoms with Crippen molar-refractivity contribution in [3.05, 3.63) is 106 Å². The molecule has 0 aliphatic carbocycles. The van der Waals surface area contributed by atoms with Gasteiger partial charge in [0.15, 0.2) is 0 Å². The summed E-state index contributed by atoms with van der Waals surface area (Å²) in [5.74, 6) is 0.532. The number of imidazole rings is 1. The minimum atomic E-state index is -0.386. The standard InChI is InChI=1S/C20H19N3O2.C9H6O2/c1-3-23(4-2)14-10-9-13-11-15(20(24)25-18(13)12-14)19-21-16-7-5-6-8-17(16)22-19;10-9-6-5-7-3-1-2-4-8(7)11-9/h5-12H,3-4H2,1-2H3,(H,21,22);1-6H. The van der Waals surface area contributed by atoms with Gasteiger partial charge in [-0.1, -0.05) is 30.3 Å². The summed E-state index contributed by atoms with van der Waals surface area (Å²) < 4.78 is 10.5. The number of aromatic nitrogens is 2. The first-order valence-electron chi connectivity index (χ1n) is 11.8. The zero-order chi connectivity index (χ0) is 25.1. The molecule has 7 nitrogen and oxygen atoms in total. The van der Waals surface area contributed by atoms with Crippen LogP contribution in [0.1, 0.15) is 13.8 Å². The SMILES string of the molecule is CCN(CC)c1ccc2cc(-c3nc4ccccc4[nH]3)c(=O)oc2c1.O=c1ccc2ccccc2o1. The molecule has 3 aromatic heterocycles. The Morgan fingerprint density at radius 3 is 2.33 bits per heavy atom. The maximum absolute atomic E-state index is 12.5. The van der Waals surface area contributed by atoms with Crippen LogP contribution in [0.25, 0.3) is 44.4 Å². The van der Waals surface area contributed by atoms with Crippen LogP contribution in [-0.2, 0) is 0 Å². The number of nitrogens with zero attached hydrogens (tertiary/aromatic N) is 2. The van der Waals surface area contributed by atoms with Crippen LogP contribution in [0.4, 0.5) is 5.69 Å². The lowest BCUT2D eigenvalue weighted by Crippen LogP contribution is -2.21. The summed E-state index contributed by atoms with van der Waals surface area (Å²) in [6.45, 7) is 6.02. The van der Waals surface area contributed by atoms with E-state index >= 15 is 0 Å². The number of hydrogen-bond donors (Lipinski definition) is 1. The highest BCUT2D eigenvalue weighted by molar-refractivity contribution is 5.85. The molecule has 6 rings (SSSR count). The third-order valence-corrected chi connectivity index (χ3v) is 6.02. The second-order valence-corrected chi connectivity index (χ2v) is 8.24. The van der Waals surface area contributed by atoms with E-state index in [0.29, 0.717) is 22.6 Å². The average molecular weight is 480 g/mol. The van der Waals surface area contributed by atoms with Crippen LogP contribution in [0, 0.1) is 0 Å². The highest BCUT2D eigenvalue weighted by Crippen LogP contribution is 2.25. The van der Waals surface area contributed by atoms with Gasteiger partial charge in [-0.15, -0.1) is 0 Å². The van der Waals surface area contributed by atoms with Crippen molar-refractivity contribution in [2.45, 2.75) is 13.8 Å². The van der Waals surface area contributed by atoms with E-state index in [1.54, 1.807) is 12.1 Å². The van der Waals surface area contributed by atoms with E-state index in [-0.39, 0.29) is 11.3 Å². The van der Waals surface area contributed by atoms with Crippen LogP contribution < -0.4 is 16.2 Å². The molecule has 0 saturated heterocycles. The monoisotopic (exact) mass is 479 g/mol. The summed E-state index contributed by atoms with van der Waals surface area (Å²) in [4.78, 5) is 33.1. The van der Waals surface area contributed by atoms with E-state index in [4.69, 9.17) is 8.83 Å². The quantitative estimate of drug-likeness (QED) is 0.313. The van der Waals surface area contributed by atoms with E-state index in [2.05, 4.69) is 34.8 Å². The van der Waals surface area contributed by atoms with Crippen LogP contribution >= 0.6 is 0 Å². The van der Waals surface area contributed by atoms with E-state index in [9.17, 15) is 9.59 Å². The van der Waals surface area contributed by atoms with Gasteiger partial charge >= 0.3 is 11.3 Å². The van der Waals surface area contributed by atoms with Crippen molar-refractivity contribution in [2.75, 3.05) is 18.0 Å². The summed E-state index contributed by atoms with van der Waals surface area (Å²) in [6, 6.07) is 26.1. The number of aromatic amines is 1. The average Bonchev–Trinajstić information content (AvgIpc) is 3.33. The molecule has 1 N–H and O–H groups in total. The Kier molecular flexibility index (Phi) is 6.36. The van der Waals surface area contributed by atoms with Gasteiger partial charge in [0, 0.05) is 41.7 Å². The molecular formula is C29H25N3O4. The minimum Gasteiger partial charge on any atom is -0.423 e. The molecule has 0 atom stereocenters. The fraction of sp³-hybridized carbons (Fsp3) is 0.138. The molecule has 7 heteroatoms. The van der Waals surface area contributed by atoms with Crippen molar-refractivity contribution < 1.29 is 8.83 Å². The number of rotatable bonds is 4. The Labute approximate surface area is 206 Å². The predicted molar refractivity (Wildman–Crippen MR) is 144 cm³/mol. The van der Waals surface area contributed by atoms with Gasteiger partial charge in [-0.05, 0) is 56.3 Å². The van der Waals surface area contributed by atoms with Gasteiger partial charge in [0.1, 0.15) is 22.6 Å². The van der Waals surface area contributed by atoms with Gasteiger partial charge in [0.2, 0.25) is 0 Å². The van der Waals surface area contributed by atoms with Crippen LogP contribution in [0.5, 0.6) is 0 Å². The molecule has 3 aromatic carbocycles. The fourth-order valence-corrected chi connectivity index (χ4v) is 4.14. The van der Waals surface area contributed by atoms with Crippen LogP contribution in [0.3, 0.4) is 0 Å². The van der Waals surface area contributed by atoms with Gasteiger partial charge in [-0.25, -0.2) is 14.6 Å². The summed E-state index contributed by atoms with van der Waals surface area (Å²) in [7, 11) is 0. The normalized spacial score (nSPS) is 10.9. The lowest BCUT2D eigenvalue weighted by molar-refractivity contribution is 0.561. The Balaban J connectivity index is 0.000000202. The molecule has 0 saturated carbocycles. The molecule has 0 bridgehead atoms. The van der Waals surface area contributed by atoms with E-state index in [1.807, 2.05) is 60.7 Å². The zero-order valence-electron chi connectivity index (χ0n) is 20.0. The molecule has 0 unspecified atom stereocenters. The largest absolute Gasteiger partial charge is 0.423 e. The predicted octanol–water partition coefficient (Wildman–Crippen LogP) is 5.98. The highest BCUT2D eigenvalue weighted by atomic mass is 16.4. The lowest BCUT2D eigenvalue weighted by atomic mass is 10.1. The minimum absolute atomic E-state index is 0.302. The molecule has 0 amide bonds. The number of para-hydroxylation sites is 3. The van der Waals surface area contributed by atoms with Gasteiger partial charge in [-0.2, -0.15) is 0 Å². The third kappa shape index (κ3) is 4.63. The van der Waals surface area contributed by atoms with Crippen LogP contribution in [0.15, 0.2) is 103 Å². The molecule has 180 valence electrons. The van der Waals surface area contributed by atoms with E-state index in [0.717, 1.165) is 40.6 Å². The maximum Gasteiger partial charge on any atom is 0.347 e. The fourth-order valence-electron chi connectivity index (χ4n) is 4.14. The van der Waals surface area contributed by atoms with Crippen LogP contribution in [-0.4, -0.2) is 23.1 Å². The molecule has 3 heterocycles. The summed E-state index contributed by atoms with van der Waals surface area (Å²) >= 11 is 0. The Hall–Kier alpha value is -4.65. The smallest absolute Gasteiger partial charge is 0.347 e. The summed E-state index contributed by atoms with van der Waals surface area (Å²) in [5, 5.41) is 1.83. The first kappa shape index (κ1) is 23.1. The third-order valence-electron chi connectivity index (χ3n) is 6.02. The van der Waals surface area contributed by atoms with E-state index in [1.165, 1.54) is 6.07 Å². The molecule has 0 fully saturated rings.